The Morgan fingerprint density at radius 2 is 2.00 bits per heavy atom. The summed E-state index contributed by atoms with van der Waals surface area (Å²) >= 11 is 0. The van der Waals surface area contributed by atoms with E-state index in [2.05, 4.69) is 4.74 Å². The van der Waals surface area contributed by atoms with Gasteiger partial charge in [-0.15, -0.1) is 0 Å². The van der Waals surface area contributed by atoms with Gasteiger partial charge in [0.1, 0.15) is 5.92 Å². The van der Waals surface area contributed by atoms with Gasteiger partial charge in [0, 0.05) is 13.0 Å². The third kappa shape index (κ3) is 3.90. The number of ether oxygens (including phenoxy) is 1. The molecule has 21 heavy (non-hydrogen) atoms. The summed E-state index contributed by atoms with van der Waals surface area (Å²) in [6.45, 7) is 0.437. The lowest BCUT2D eigenvalue weighted by molar-refractivity contribution is -0.154. The Kier molecular flexibility index (Phi) is 5.09. The number of esters is 1. The van der Waals surface area contributed by atoms with E-state index < -0.39 is 11.9 Å². The summed E-state index contributed by atoms with van der Waals surface area (Å²) < 4.78 is 4.60. The van der Waals surface area contributed by atoms with E-state index in [-0.39, 0.29) is 18.2 Å². The molecule has 5 nitrogen and oxygen atoms in total. The fourth-order valence-corrected chi connectivity index (χ4v) is 2.48. The minimum Gasteiger partial charge on any atom is -0.468 e. The lowest BCUT2D eigenvalue weighted by Crippen LogP contribution is -2.46. The van der Waals surface area contributed by atoms with Gasteiger partial charge >= 0.3 is 5.97 Å². The minimum atomic E-state index is -0.715. The summed E-state index contributed by atoms with van der Waals surface area (Å²) in [7, 11) is 1.27. The number of benzene rings is 1. The maximum absolute atomic E-state index is 12.1. The first-order valence-electron chi connectivity index (χ1n) is 7.04. The van der Waals surface area contributed by atoms with Crippen molar-refractivity contribution in [2.24, 2.45) is 5.92 Å². The molecule has 0 aliphatic carbocycles. The number of carbonyl (C=O) groups is 3. The van der Waals surface area contributed by atoms with Crippen molar-refractivity contribution >= 4 is 17.7 Å². The average Bonchev–Trinajstić information content (AvgIpc) is 2.52. The fourth-order valence-electron chi connectivity index (χ4n) is 2.48. The molecule has 0 spiro atoms. The summed E-state index contributed by atoms with van der Waals surface area (Å²) in [5.74, 6) is -1.50. The van der Waals surface area contributed by atoms with Gasteiger partial charge in [-0.1, -0.05) is 30.3 Å². The van der Waals surface area contributed by atoms with Crippen molar-refractivity contribution in [3.8, 4) is 0 Å². The molecule has 1 aliphatic heterocycles. The molecular formula is C16H19NO4. The number of amides is 1. The number of ketones is 1. The molecule has 5 heteroatoms. The molecule has 0 bridgehead atoms. The molecule has 1 unspecified atom stereocenters. The maximum Gasteiger partial charge on any atom is 0.316 e. The monoisotopic (exact) mass is 289 g/mol. The van der Waals surface area contributed by atoms with Crippen molar-refractivity contribution in [1.82, 2.24) is 4.90 Å². The highest BCUT2D eigenvalue weighted by molar-refractivity contribution is 6.01. The quantitative estimate of drug-likeness (QED) is 0.617. The topological polar surface area (TPSA) is 63.7 Å². The molecule has 1 aromatic rings. The SMILES string of the molecule is COC(=O)C1CCN(C(=O)CCc2ccccc2)CC1=O. The summed E-state index contributed by atoms with van der Waals surface area (Å²) in [6.07, 6.45) is 1.38. The first-order valence-corrected chi connectivity index (χ1v) is 7.04. The maximum atomic E-state index is 12.1. The van der Waals surface area contributed by atoms with Crippen LogP contribution in [0.25, 0.3) is 0 Å². The third-order valence-electron chi connectivity index (χ3n) is 3.73. The smallest absolute Gasteiger partial charge is 0.316 e. The zero-order chi connectivity index (χ0) is 15.2. The second kappa shape index (κ2) is 7.02. The van der Waals surface area contributed by atoms with E-state index in [9.17, 15) is 14.4 Å². The van der Waals surface area contributed by atoms with Crippen LogP contribution in [0.15, 0.2) is 30.3 Å². The second-order valence-electron chi connectivity index (χ2n) is 5.13. The van der Waals surface area contributed by atoms with Crippen LogP contribution >= 0.6 is 0 Å². The number of nitrogens with zero attached hydrogens (tertiary/aromatic N) is 1. The third-order valence-corrected chi connectivity index (χ3v) is 3.73. The van der Waals surface area contributed by atoms with Gasteiger partial charge in [-0.05, 0) is 18.4 Å². The molecule has 112 valence electrons. The molecule has 1 amide bonds. The van der Waals surface area contributed by atoms with Crippen molar-refractivity contribution in [3.05, 3.63) is 35.9 Å². The summed E-state index contributed by atoms with van der Waals surface area (Å²) in [6, 6.07) is 9.75. The number of Topliss-reactive ketones (excluding diaryl/α,β-unsaturated/α-hetero) is 1. The van der Waals surface area contributed by atoms with E-state index in [0.29, 0.717) is 25.8 Å². The van der Waals surface area contributed by atoms with Crippen molar-refractivity contribution in [3.63, 3.8) is 0 Å². The average molecular weight is 289 g/mol. The van der Waals surface area contributed by atoms with Crippen LogP contribution in [0.4, 0.5) is 0 Å². The van der Waals surface area contributed by atoms with Crippen LogP contribution in [0.1, 0.15) is 18.4 Å². The minimum absolute atomic E-state index is 0.00733. The lowest BCUT2D eigenvalue weighted by atomic mass is 9.95. The Morgan fingerprint density at radius 3 is 2.62 bits per heavy atom. The molecule has 1 atom stereocenters. The number of hydrogen-bond donors (Lipinski definition) is 0. The first kappa shape index (κ1) is 15.2. The van der Waals surface area contributed by atoms with Gasteiger partial charge in [-0.3, -0.25) is 14.4 Å². The molecule has 0 N–H and O–H groups in total. The number of likely N-dealkylation sites (tertiary alicyclic amines) is 1. The van der Waals surface area contributed by atoms with E-state index in [0.717, 1.165) is 5.56 Å². The predicted octanol–water partition coefficient (Wildman–Crippen LogP) is 1.21. The van der Waals surface area contributed by atoms with Crippen molar-refractivity contribution in [2.45, 2.75) is 19.3 Å². The van der Waals surface area contributed by atoms with Gasteiger partial charge in [0.05, 0.1) is 13.7 Å². The van der Waals surface area contributed by atoms with Crippen molar-refractivity contribution < 1.29 is 19.1 Å². The van der Waals surface area contributed by atoms with Gasteiger partial charge in [0.25, 0.3) is 0 Å². The molecule has 1 heterocycles. The van der Waals surface area contributed by atoms with Gasteiger partial charge in [-0.25, -0.2) is 0 Å². The Bertz CT molecular complexity index is 526. The zero-order valence-corrected chi connectivity index (χ0v) is 12.1. The highest BCUT2D eigenvalue weighted by Crippen LogP contribution is 2.16. The van der Waals surface area contributed by atoms with Crippen LogP contribution in [0, 0.1) is 5.92 Å². The largest absolute Gasteiger partial charge is 0.468 e. The van der Waals surface area contributed by atoms with E-state index in [4.69, 9.17) is 0 Å². The van der Waals surface area contributed by atoms with Crippen LogP contribution in [0.5, 0.6) is 0 Å². The molecule has 1 saturated heterocycles. The van der Waals surface area contributed by atoms with E-state index in [1.165, 1.54) is 12.0 Å². The van der Waals surface area contributed by atoms with Crippen LogP contribution in [0.3, 0.4) is 0 Å². The van der Waals surface area contributed by atoms with E-state index >= 15 is 0 Å². The summed E-state index contributed by atoms with van der Waals surface area (Å²) in [4.78, 5) is 37.0. The Hall–Kier alpha value is -2.17. The molecule has 0 radical (unpaired) electrons. The van der Waals surface area contributed by atoms with Crippen molar-refractivity contribution in [1.29, 1.82) is 0 Å². The van der Waals surface area contributed by atoms with E-state index in [1.807, 2.05) is 30.3 Å². The molecular weight excluding hydrogens is 270 g/mol. The first-order chi connectivity index (χ1) is 10.1. The predicted molar refractivity (Wildman–Crippen MR) is 76.5 cm³/mol. The van der Waals surface area contributed by atoms with Gasteiger partial charge < -0.3 is 9.64 Å². The molecule has 0 aromatic heterocycles. The number of piperidine rings is 1. The normalized spacial score (nSPS) is 18.4. The molecule has 0 saturated carbocycles. The van der Waals surface area contributed by atoms with E-state index in [1.54, 1.807) is 0 Å². The Balaban J connectivity index is 1.85. The molecule has 1 fully saturated rings. The zero-order valence-electron chi connectivity index (χ0n) is 12.1. The standard InChI is InChI=1S/C16H19NO4/c1-21-16(20)13-9-10-17(11-14(13)18)15(19)8-7-12-5-3-2-4-6-12/h2-6,13H,7-11H2,1H3. The second-order valence-corrected chi connectivity index (χ2v) is 5.13. The Morgan fingerprint density at radius 1 is 1.29 bits per heavy atom. The van der Waals surface area contributed by atoms with Gasteiger partial charge in [0.15, 0.2) is 5.78 Å². The summed E-state index contributed by atoms with van der Waals surface area (Å²) in [5.41, 5.74) is 1.10. The Labute approximate surface area is 123 Å². The fraction of sp³-hybridized carbons (Fsp3) is 0.438. The number of rotatable bonds is 4. The van der Waals surface area contributed by atoms with Crippen molar-refractivity contribution in [2.75, 3.05) is 20.2 Å². The number of aryl methyl sites for hydroxylation is 1. The molecule has 1 aromatic carbocycles. The molecule has 2 rings (SSSR count). The molecule has 1 aliphatic rings. The number of hydrogen-bond acceptors (Lipinski definition) is 4. The number of methoxy groups -OCH3 is 1. The number of carbonyl (C=O) groups excluding carboxylic acids is 3. The van der Waals surface area contributed by atoms with Gasteiger partial charge in [-0.2, -0.15) is 0 Å². The van der Waals surface area contributed by atoms with Gasteiger partial charge in [0.2, 0.25) is 5.91 Å². The highest BCUT2D eigenvalue weighted by atomic mass is 16.5. The van der Waals surface area contributed by atoms with Crippen LogP contribution < -0.4 is 0 Å². The summed E-state index contributed by atoms with van der Waals surface area (Å²) in [5, 5.41) is 0. The van der Waals surface area contributed by atoms with Crippen LogP contribution in [0.2, 0.25) is 0 Å². The van der Waals surface area contributed by atoms with Crippen LogP contribution in [-0.4, -0.2) is 42.8 Å². The van der Waals surface area contributed by atoms with Crippen LogP contribution in [-0.2, 0) is 25.5 Å². The highest BCUT2D eigenvalue weighted by Gasteiger charge is 2.34. The lowest BCUT2D eigenvalue weighted by Gasteiger charge is -2.29.